The van der Waals surface area contributed by atoms with Crippen molar-refractivity contribution in [3.63, 3.8) is 0 Å². The molecule has 0 saturated carbocycles. The Morgan fingerprint density at radius 3 is 2.63 bits per heavy atom. The fourth-order valence-electron chi connectivity index (χ4n) is 1.06. The highest BCUT2D eigenvalue weighted by Crippen LogP contribution is 2.07. The van der Waals surface area contributed by atoms with Gasteiger partial charge < -0.3 is 14.3 Å². The van der Waals surface area contributed by atoms with Crippen molar-refractivity contribution in [1.29, 1.82) is 0 Å². The number of hydrogen-bond acceptors (Lipinski definition) is 6. The second-order valence-electron chi connectivity index (χ2n) is 3.22. The third kappa shape index (κ3) is 4.97. The van der Waals surface area contributed by atoms with Gasteiger partial charge in [0.15, 0.2) is 0 Å². The summed E-state index contributed by atoms with van der Waals surface area (Å²) in [5.74, 6) is -1.49. The molecular weight excluding hydrogens is 280 g/mol. The standard InChI is InChI=1S/C9H12N2O7S/c1-2-17-9(14)11-19(15,16)10-5-6-3-4-7(18-6)8(12)13/h3-4,10H,2,5H2,1H3,(H,11,14)(H,12,13). The van der Waals surface area contributed by atoms with Crippen LogP contribution in [-0.2, 0) is 21.5 Å². The Bertz CT molecular complexity index is 563. The van der Waals surface area contributed by atoms with Crippen molar-refractivity contribution >= 4 is 22.3 Å². The van der Waals surface area contributed by atoms with Crippen LogP contribution in [0.3, 0.4) is 0 Å². The zero-order valence-electron chi connectivity index (χ0n) is 9.87. The summed E-state index contributed by atoms with van der Waals surface area (Å²) in [6.45, 7) is 1.25. The van der Waals surface area contributed by atoms with Gasteiger partial charge in [0, 0.05) is 0 Å². The average Bonchev–Trinajstić information content (AvgIpc) is 2.74. The van der Waals surface area contributed by atoms with Crippen molar-refractivity contribution in [2.75, 3.05) is 6.61 Å². The zero-order chi connectivity index (χ0) is 14.5. The van der Waals surface area contributed by atoms with Crippen LogP contribution in [-0.4, -0.2) is 32.2 Å². The number of carbonyl (C=O) groups is 2. The molecule has 1 amide bonds. The molecule has 0 aliphatic rings. The Morgan fingerprint density at radius 2 is 2.11 bits per heavy atom. The van der Waals surface area contributed by atoms with E-state index >= 15 is 0 Å². The minimum Gasteiger partial charge on any atom is -0.475 e. The number of hydrogen-bond donors (Lipinski definition) is 3. The fraction of sp³-hybridized carbons (Fsp3) is 0.333. The van der Waals surface area contributed by atoms with Crippen LogP contribution in [0.25, 0.3) is 0 Å². The smallest absolute Gasteiger partial charge is 0.421 e. The molecule has 1 rings (SSSR count). The Kier molecular flexibility index (Phi) is 4.89. The number of carboxylic acid groups (broad SMARTS) is 1. The monoisotopic (exact) mass is 292 g/mol. The summed E-state index contributed by atoms with van der Waals surface area (Å²) in [5, 5.41) is 8.60. The molecule has 1 aromatic heterocycles. The van der Waals surface area contributed by atoms with Crippen LogP contribution >= 0.6 is 0 Å². The predicted octanol–water partition coefficient (Wildman–Crippen LogP) is 0.0583. The normalized spacial score (nSPS) is 11.0. The van der Waals surface area contributed by atoms with E-state index in [-0.39, 0.29) is 24.7 Å². The first-order valence-electron chi connectivity index (χ1n) is 5.10. The average molecular weight is 292 g/mol. The molecule has 9 nitrogen and oxygen atoms in total. The molecule has 1 heterocycles. The highest BCUT2D eigenvalue weighted by atomic mass is 32.2. The van der Waals surface area contributed by atoms with Crippen LogP contribution in [0.5, 0.6) is 0 Å². The Morgan fingerprint density at radius 1 is 1.42 bits per heavy atom. The Labute approximate surface area is 108 Å². The molecule has 0 atom stereocenters. The Balaban J connectivity index is 2.55. The van der Waals surface area contributed by atoms with Gasteiger partial charge in [0.2, 0.25) is 5.76 Å². The number of rotatable bonds is 6. The molecule has 106 valence electrons. The lowest BCUT2D eigenvalue weighted by molar-refractivity contribution is 0.0660. The van der Waals surface area contributed by atoms with Crippen LogP contribution in [0, 0.1) is 0 Å². The maximum atomic E-state index is 11.3. The lowest BCUT2D eigenvalue weighted by Crippen LogP contribution is -2.40. The first kappa shape index (κ1) is 15.0. The number of furan rings is 1. The van der Waals surface area contributed by atoms with E-state index in [0.717, 1.165) is 0 Å². The molecule has 3 N–H and O–H groups in total. The molecular formula is C9H12N2O7S. The van der Waals surface area contributed by atoms with Crippen LogP contribution in [0.4, 0.5) is 4.79 Å². The lowest BCUT2D eigenvalue weighted by Gasteiger charge is -2.06. The van der Waals surface area contributed by atoms with Crippen molar-refractivity contribution in [1.82, 2.24) is 9.44 Å². The number of aromatic carboxylic acids is 1. The van der Waals surface area contributed by atoms with E-state index in [4.69, 9.17) is 9.52 Å². The van der Waals surface area contributed by atoms with Crippen LogP contribution in [0.1, 0.15) is 23.2 Å². The molecule has 10 heteroatoms. The largest absolute Gasteiger partial charge is 0.475 e. The van der Waals surface area contributed by atoms with E-state index < -0.39 is 22.3 Å². The maximum Gasteiger partial charge on any atom is 0.421 e. The molecule has 1 aromatic rings. The minimum absolute atomic E-state index is 0.0293. The first-order valence-corrected chi connectivity index (χ1v) is 6.58. The lowest BCUT2D eigenvalue weighted by atomic mass is 10.4. The maximum absolute atomic E-state index is 11.3. The van der Waals surface area contributed by atoms with Crippen molar-refractivity contribution < 1.29 is 32.3 Å². The van der Waals surface area contributed by atoms with Crippen molar-refractivity contribution in [3.05, 3.63) is 23.7 Å². The summed E-state index contributed by atoms with van der Waals surface area (Å²) in [7, 11) is -4.09. The quantitative estimate of drug-likeness (QED) is 0.674. The van der Waals surface area contributed by atoms with Gasteiger partial charge in [-0.05, 0) is 19.1 Å². The second kappa shape index (κ2) is 6.20. The van der Waals surface area contributed by atoms with Crippen molar-refractivity contribution in [3.8, 4) is 0 Å². The summed E-state index contributed by atoms with van der Waals surface area (Å²) >= 11 is 0. The summed E-state index contributed by atoms with van der Waals surface area (Å²) in [6.07, 6.45) is -1.11. The third-order valence-corrected chi connectivity index (χ3v) is 2.76. The summed E-state index contributed by atoms with van der Waals surface area (Å²) in [6, 6.07) is 2.49. The van der Waals surface area contributed by atoms with Gasteiger partial charge in [-0.2, -0.15) is 13.1 Å². The van der Waals surface area contributed by atoms with Gasteiger partial charge in [-0.25, -0.2) is 14.3 Å². The number of carbonyl (C=O) groups excluding carboxylic acids is 1. The van der Waals surface area contributed by atoms with Gasteiger partial charge in [-0.3, -0.25) is 0 Å². The predicted molar refractivity (Wildman–Crippen MR) is 61.6 cm³/mol. The summed E-state index contributed by atoms with van der Waals surface area (Å²) in [5.41, 5.74) is 0. The third-order valence-electron chi connectivity index (χ3n) is 1.80. The molecule has 0 unspecified atom stereocenters. The van der Waals surface area contributed by atoms with E-state index in [1.54, 1.807) is 4.72 Å². The molecule has 19 heavy (non-hydrogen) atoms. The molecule has 0 saturated heterocycles. The van der Waals surface area contributed by atoms with Crippen molar-refractivity contribution in [2.45, 2.75) is 13.5 Å². The number of amides is 1. The van der Waals surface area contributed by atoms with E-state index in [9.17, 15) is 18.0 Å². The first-order chi connectivity index (χ1) is 8.84. The SMILES string of the molecule is CCOC(=O)NS(=O)(=O)NCc1ccc(C(=O)O)o1. The summed E-state index contributed by atoms with van der Waals surface area (Å²) < 4.78 is 35.5. The zero-order valence-corrected chi connectivity index (χ0v) is 10.7. The number of nitrogens with one attached hydrogen (secondary N) is 2. The molecule has 0 fully saturated rings. The molecule has 0 spiro atoms. The van der Waals surface area contributed by atoms with Gasteiger partial charge >= 0.3 is 22.3 Å². The van der Waals surface area contributed by atoms with E-state index in [1.807, 2.05) is 4.72 Å². The Hall–Kier alpha value is -2.07. The molecule has 0 aliphatic heterocycles. The molecule has 0 bridgehead atoms. The topological polar surface area (TPSA) is 135 Å². The second-order valence-corrected chi connectivity index (χ2v) is 4.72. The number of carboxylic acids is 1. The minimum atomic E-state index is -4.09. The number of ether oxygens (including phenoxy) is 1. The van der Waals surface area contributed by atoms with E-state index in [2.05, 4.69) is 4.74 Å². The molecule has 0 radical (unpaired) electrons. The molecule has 0 aliphatic carbocycles. The van der Waals surface area contributed by atoms with Gasteiger partial charge in [0.05, 0.1) is 13.2 Å². The van der Waals surface area contributed by atoms with Gasteiger partial charge in [-0.1, -0.05) is 0 Å². The van der Waals surface area contributed by atoms with E-state index in [1.165, 1.54) is 19.1 Å². The fourth-order valence-corrected chi connectivity index (χ4v) is 1.74. The van der Waals surface area contributed by atoms with Crippen LogP contribution < -0.4 is 9.44 Å². The summed E-state index contributed by atoms with van der Waals surface area (Å²) in [4.78, 5) is 21.4. The van der Waals surface area contributed by atoms with Crippen LogP contribution in [0.2, 0.25) is 0 Å². The highest BCUT2D eigenvalue weighted by molar-refractivity contribution is 7.88. The van der Waals surface area contributed by atoms with Gasteiger partial charge in [0.1, 0.15) is 5.76 Å². The van der Waals surface area contributed by atoms with Crippen LogP contribution in [0.15, 0.2) is 16.5 Å². The highest BCUT2D eigenvalue weighted by Gasteiger charge is 2.16. The van der Waals surface area contributed by atoms with Crippen molar-refractivity contribution in [2.24, 2.45) is 0 Å². The molecule has 0 aromatic carbocycles. The van der Waals surface area contributed by atoms with Gasteiger partial charge in [-0.15, -0.1) is 0 Å². The van der Waals surface area contributed by atoms with E-state index in [0.29, 0.717) is 0 Å². The van der Waals surface area contributed by atoms with Gasteiger partial charge in [0.25, 0.3) is 0 Å².